The number of ether oxygens (including phenoxy) is 1. The normalized spacial score (nSPS) is 15.9. The fourth-order valence-electron chi connectivity index (χ4n) is 3.93. The van der Waals surface area contributed by atoms with Gasteiger partial charge in [-0.3, -0.25) is 9.59 Å². The van der Waals surface area contributed by atoms with Gasteiger partial charge in [0.1, 0.15) is 5.58 Å². The lowest BCUT2D eigenvalue weighted by molar-refractivity contribution is 0.0696. The highest BCUT2D eigenvalue weighted by atomic mass is 16.5. The van der Waals surface area contributed by atoms with Crippen LogP contribution in [0.3, 0.4) is 0 Å². The van der Waals surface area contributed by atoms with E-state index in [0.29, 0.717) is 42.7 Å². The molecule has 1 amide bonds. The molecule has 0 fully saturated rings. The average Bonchev–Trinajstić information content (AvgIpc) is 2.98. The Bertz CT molecular complexity index is 1110. The van der Waals surface area contributed by atoms with Crippen LogP contribution in [-0.2, 0) is 4.74 Å². The van der Waals surface area contributed by atoms with E-state index in [9.17, 15) is 9.59 Å². The van der Waals surface area contributed by atoms with Crippen LogP contribution in [0.2, 0.25) is 0 Å². The van der Waals surface area contributed by atoms with Gasteiger partial charge in [-0.05, 0) is 50.5 Å². The van der Waals surface area contributed by atoms with Gasteiger partial charge in [0.2, 0.25) is 5.76 Å². The molecule has 0 saturated carbocycles. The van der Waals surface area contributed by atoms with Crippen LogP contribution >= 0.6 is 0 Å². The molecule has 5 heteroatoms. The number of aryl methyl sites for hydroxylation is 2. The highest BCUT2D eigenvalue weighted by Gasteiger charge is 2.42. The molecule has 0 bridgehead atoms. The Balaban J connectivity index is 1.85. The van der Waals surface area contributed by atoms with Crippen LogP contribution in [-0.4, -0.2) is 30.6 Å². The summed E-state index contributed by atoms with van der Waals surface area (Å²) < 4.78 is 11.4. The highest BCUT2D eigenvalue weighted by molar-refractivity contribution is 5.99. The monoisotopic (exact) mass is 391 g/mol. The molecule has 0 radical (unpaired) electrons. The molecule has 2 heterocycles. The summed E-state index contributed by atoms with van der Waals surface area (Å²) >= 11 is 0. The Morgan fingerprint density at radius 2 is 1.76 bits per heavy atom. The van der Waals surface area contributed by atoms with E-state index >= 15 is 0 Å². The maximum absolute atomic E-state index is 13.4. The molecule has 0 spiro atoms. The number of carbonyl (C=O) groups is 1. The smallest absolute Gasteiger partial charge is 0.290 e. The molecule has 0 aliphatic carbocycles. The Labute approximate surface area is 169 Å². The van der Waals surface area contributed by atoms with Crippen molar-refractivity contribution in [3.63, 3.8) is 0 Å². The van der Waals surface area contributed by atoms with Gasteiger partial charge in [0, 0.05) is 19.8 Å². The Hall–Kier alpha value is -2.92. The lowest BCUT2D eigenvalue weighted by Crippen LogP contribution is -2.31. The van der Waals surface area contributed by atoms with Crippen molar-refractivity contribution < 1.29 is 13.9 Å². The SMILES string of the molecule is CCOCCCN1C(=O)c2oc3cc(C)ccc3c(=O)c2C1c1ccc(C)cc1. The summed E-state index contributed by atoms with van der Waals surface area (Å²) in [5.74, 6) is -0.0716. The minimum Gasteiger partial charge on any atom is -0.450 e. The summed E-state index contributed by atoms with van der Waals surface area (Å²) in [5, 5.41) is 0.510. The van der Waals surface area contributed by atoms with Gasteiger partial charge >= 0.3 is 0 Å². The standard InChI is InChI=1S/C24H25NO4/c1-4-28-13-5-12-25-21(17-9-6-15(2)7-10-17)20-22(26)18-11-8-16(3)14-19(18)29-23(20)24(25)27/h6-11,14,21H,4-5,12-13H2,1-3H3. The number of hydrogen-bond donors (Lipinski definition) is 0. The Morgan fingerprint density at radius 3 is 2.48 bits per heavy atom. The first-order chi connectivity index (χ1) is 14.0. The fraction of sp³-hybridized carbons (Fsp3) is 0.333. The van der Waals surface area contributed by atoms with E-state index in [1.54, 1.807) is 11.0 Å². The lowest BCUT2D eigenvalue weighted by Gasteiger charge is -2.25. The van der Waals surface area contributed by atoms with Gasteiger partial charge in [0.25, 0.3) is 5.91 Å². The maximum Gasteiger partial charge on any atom is 0.290 e. The van der Waals surface area contributed by atoms with Gasteiger partial charge in [-0.25, -0.2) is 0 Å². The third kappa shape index (κ3) is 3.47. The van der Waals surface area contributed by atoms with Crippen LogP contribution in [0.4, 0.5) is 0 Å². The van der Waals surface area contributed by atoms with Gasteiger partial charge in [-0.15, -0.1) is 0 Å². The summed E-state index contributed by atoms with van der Waals surface area (Å²) in [6.07, 6.45) is 0.697. The molecule has 0 saturated heterocycles. The van der Waals surface area contributed by atoms with E-state index in [-0.39, 0.29) is 17.1 Å². The Morgan fingerprint density at radius 1 is 1.03 bits per heavy atom. The van der Waals surface area contributed by atoms with Crippen molar-refractivity contribution in [1.29, 1.82) is 0 Å². The van der Waals surface area contributed by atoms with Crippen molar-refractivity contribution in [3.8, 4) is 0 Å². The molecular formula is C24H25NO4. The molecule has 1 aliphatic rings. The third-order valence-electron chi connectivity index (χ3n) is 5.41. The Kier molecular flexibility index (Phi) is 5.24. The van der Waals surface area contributed by atoms with Crippen molar-refractivity contribution in [2.24, 2.45) is 0 Å². The summed E-state index contributed by atoms with van der Waals surface area (Å²) in [5.41, 5.74) is 3.79. The topological polar surface area (TPSA) is 59.8 Å². The van der Waals surface area contributed by atoms with Crippen LogP contribution < -0.4 is 5.43 Å². The molecule has 4 rings (SSSR count). The number of amides is 1. The number of hydrogen-bond acceptors (Lipinski definition) is 4. The number of nitrogens with zero attached hydrogens (tertiary/aromatic N) is 1. The van der Waals surface area contributed by atoms with Gasteiger partial charge in [-0.1, -0.05) is 35.9 Å². The summed E-state index contributed by atoms with van der Waals surface area (Å²) in [6, 6.07) is 13.0. The minimum atomic E-state index is -0.443. The molecule has 2 aromatic carbocycles. The molecule has 150 valence electrons. The minimum absolute atomic E-state index is 0.132. The molecule has 5 nitrogen and oxygen atoms in total. The molecule has 1 aromatic heterocycles. The first-order valence-corrected chi connectivity index (χ1v) is 10.0. The third-order valence-corrected chi connectivity index (χ3v) is 5.41. The first kappa shape index (κ1) is 19.4. The van der Waals surface area contributed by atoms with E-state index in [2.05, 4.69) is 0 Å². The second kappa shape index (κ2) is 7.84. The molecule has 29 heavy (non-hydrogen) atoms. The summed E-state index contributed by atoms with van der Waals surface area (Å²) in [4.78, 5) is 28.4. The molecule has 1 atom stereocenters. The summed E-state index contributed by atoms with van der Waals surface area (Å²) in [6.45, 7) is 7.60. The fourth-order valence-corrected chi connectivity index (χ4v) is 3.93. The van der Waals surface area contributed by atoms with Crippen LogP contribution in [0.1, 0.15) is 52.2 Å². The van der Waals surface area contributed by atoms with E-state index in [1.165, 1.54) is 0 Å². The molecule has 3 aromatic rings. The molecule has 0 N–H and O–H groups in total. The van der Waals surface area contributed by atoms with Gasteiger partial charge in [0.05, 0.1) is 17.0 Å². The van der Waals surface area contributed by atoms with Crippen LogP contribution in [0, 0.1) is 13.8 Å². The van der Waals surface area contributed by atoms with Crippen molar-refractivity contribution in [2.75, 3.05) is 19.8 Å². The van der Waals surface area contributed by atoms with Crippen LogP contribution in [0.25, 0.3) is 11.0 Å². The lowest BCUT2D eigenvalue weighted by atomic mass is 9.97. The van der Waals surface area contributed by atoms with Crippen molar-refractivity contribution in [1.82, 2.24) is 4.90 Å². The highest BCUT2D eigenvalue weighted by Crippen LogP contribution is 2.38. The largest absolute Gasteiger partial charge is 0.450 e. The molecule has 1 unspecified atom stereocenters. The zero-order valence-electron chi connectivity index (χ0n) is 17.0. The second-order valence-corrected chi connectivity index (χ2v) is 7.54. The van der Waals surface area contributed by atoms with E-state index in [1.807, 2.05) is 57.2 Å². The number of benzene rings is 2. The van der Waals surface area contributed by atoms with E-state index in [0.717, 1.165) is 16.7 Å². The quantitative estimate of drug-likeness (QED) is 0.585. The predicted molar refractivity (Wildman–Crippen MR) is 112 cm³/mol. The van der Waals surface area contributed by atoms with Gasteiger partial charge in [0.15, 0.2) is 5.43 Å². The zero-order chi connectivity index (χ0) is 20.5. The zero-order valence-corrected chi connectivity index (χ0v) is 17.0. The van der Waals surface area contributed by atoms with Crippen molar-refractivity contribution in [3.05, 3.63) is 80.7 Å². The summed E-state index contributed by atoms with van der Waals surface area (Å²) in [7, 11) is 0. The average molecular weight is 391 g/mol. The van der Waals surface area contributed by atoms with E-state index in [4.69, 9.17) is 9.15 Å². The van der Waals surface area contributed by atoms with Gasteiger partial charge < -0.3 is 14.1 Å². The molecular weight excluding hydrogens is 366 g/mol. The maximum atomic E-state index is 13.4. The predicted octanol–water partition coefficient (Wildman–Crippen LogP) is 4.38. The van der Waals surface area contributed by atoms with Crippen LogP contribution in [0.15, 0.2) is 51.7 Å². The molecule has 1 aliphatic heterocycles. The number of carbonyl (C=O) groups excluding carboxylic acids is 1. The van der Waals surface area contributed by atoms with Crippen molar-refractivity contribution in [2.45, 2.75) is 33.2 Å². The second-order valence-electron chi connectivity index (χ2n) is 7.54. The van der Waals surface area contributed by atoms with Gasteiger partial charge in [-0.2, -0.15) is 0 Å². The first-order valence-electron chi connectivity index (χ1n) is 10.0. The van der Waals surface area contributed by atoms with E-state index < -0.39 is 6.04 Å². The van der Waals surface area contributed by atoms with Crippen molar-refractivity contribution >= 4 is 16.9 Å². The van der Waals surface area contributed by atoms with Crippen LogP contribution in [0.5, 0.6) is 0 Å². The number of rotatable bonds is 6. The number of fused-ring (bicyclic) bond motifs is 2.